The highest BCUT2D eigenvalue weighted by Gasteiger charge is 2.11. The molecule has 1 aromatic heterocycles. The van der Waals surface area contributed by atoms with Gasteiger partial charge >= 0.3 is 0 Å². The van der Waals surface area contributed by atoms with Crippen LogP contribution in [0.15, 0.2) is 41.3 Å². The summed E-state index contributed by atoms with van der Waals surface area (Å²) in [6, 6.07) is 7.74. The Bertz CT molecular complexity index is 710. The Morgan fingerprint density at radius 2 is 2.05 bits per heavy atom. The standard InChI is InChI=1S/C14H13ClN2O3/c1-17-8-9(3-6-13(17)18)14(19)16-11-7-10(15)4-5-12(11)20-2/h3-8H,1-2H3,(H,16,19). The maximum atomic E-state index is 12.1. The van der Waals surface area contributed by atoms with Gasteiger partial charge in [-0.1, -0.05) is 11.6 Å². The van der Waals surface area contributed by atoms with Crippen LogP contribution in [0, 0.1) is 0 Å². The van der Waals surface area contributed by atoms with Crippen LogP contribution < -0.4 is 15.6 Å². The lowest BCUT2D eigenvalue weighted by Crippen LogP contribution is -2.19. The van der Waals surface area contributed by atoms with Crippen LogP contribution in [0.4, 0.5) is 5.69 Å². The van der Waals surface area contributed by atoms with Gasteiger partial charge in [0.25, 0.3) is 5.91 Å². The van der Waals surface area contributed by atoms with Crippen molar-refractivity contribution in [3.05, 3.63) is 57.5 Å². The third-order valence-corrected chi connectivity index (χ3v) is 2.99. The van der Waals surface area contributed by atoms with E-state index in [0.717, 1.165) is 0 Å². The Morgan fingerprint density at radius 3 is 2.70 bits per heavy atom. The van der Waals surface area contributed by atoms with Gasteiger partial charge in [-0.3, -0.25) is 9.59 Å². The number of rotatable bonds is 3. The lowest BCUT2D eigenvalue weighted by molar-refractivity contribution is 0.102. The molecule has 5 nitrogen and oxygen atoms in total. The van der Waals surface area contributed by atoms with E-state index in [0.29, 0.717) is 22.0 Å². The van der Waals surface area contributed by atoms with Crippen LogP contribution in [-0.4, -0.2) is 17.6 Å². The highest BCUT2D eigenvalue weighted by molar-refractivity contribution is 6.31. The number of halogens is 1. The Hall–Kier alpha value is -2.27. The van der Waals surface area contributed by atoms with Crippen LogP contribution in [0.25, 0.3) is 0 Å². The molecule has 1 amide bonds. The summed E-state index contributed by atoms with van der Waals surface area (Å²) < 4.78 is 6.49. The molecule has 0 saturated carbocycles. The first-order chi connectivity index (χ1) is 9.51. The SMILES string of the molecule is COc1ccc(Cl)cc1NC(=O)c1ccc(=O)n(C)c1. The quantitative estimate of drug-likeness (QED) is 0.944. The number of anilines is 1. The lowest BCUT2D eigenvalue weighted by Gasteiger charge is -2.11. The molecule has 6 heteroatoms. The monoisotopic (exact) mass is 292 g/mol. The van der Waals surface area contributed by atoms with Gasteiger partial charge in [-0.05, 0) is 24.3 Å². The molecule has 20 heavy (non-hydrogen) atoms. The second kappa shape index (κ2) is 5.79. The summed E-state index contributed by atoms with van der Waals surface area (Å²) in [6.45, 7) is 0. The van der Waals surface area contributed by atoms with Crippen LogP contribution in [0.1, 0.15) is 10.4 Å². The summed E-state index contributed by atoms with van der Waals surface area (Å²) in [5, 5.41) is 3.19. The summed E-state index contributed by atoms with van der Waals surface area (Å²) >= 11 is 5.90. The minimum atomic E-state index is -0.346. The van der Waals surface area contributed by atoms with Gasteiger partial charge < -0.3 is 14.6 Å². The summed E-state index contributed by atoms with van der Waals surface area (Å²) in [4.78, 5) is 23.4. The van der Waals surface area contributed by atoms with Gasteiger partial charge in [0.1, 0.15) is 5.75 Å². The molecule has 0 aliphatic carbocycles. The molecule has 104 valence electrons. The molecule has 0 aliphatic rings. The zero-order chi connectivity index (χ0) is 14.7. The van der Waals surface area contributed by atoms with Crippen molar-refractivity contribution >= 4 is 23.2 Å². The Morgan fingerprint density at radius 1 is 1.30 bits per heavy atom. The zero-order valence-corrected chi connectivity index (χ0v) is 11.8. The predicted molar refractivity (Wildman–Crippen MR) is 77.6 cm³/mol. The highest BCUT2D eigenvalue weighted by atomic mass is 35.5. The number of pyridine rings is 1. The minimum absolute atomic E-state index is 0.179. The van der Waals surface area contributed by atoms with Crippen molar-refractivity contribution in [3.63, 3.8) is 0 Å². The molecule has 0 spiro atoms. The number of aryl methyl sites for hydroxylation is 1. The number of nitrogens with zero attached hydrogens (tertiary/aromatic N) is 1. The normalized spacial score (nSPS) is 10.2. The van der Waals surface area contributed by atoms with Gasteiger partial charge in [0.05, 0.1) is 18.4 Å². The zero-order valence-electron chi connectivity index (χ0n) is 11.0. The summed E-state index contributed by atoms with van der Waals surface area (Å²) in [7, 11) is 3.09. The fourth-order valence-electron chi connectivity index (χ4n) is 1.70. The van der Waals surface area contributed by atoms with Crippen molar-refractivity contribution in [2.75, 3.05) is 12.4 Å². The van der Waals surface area contributed by atoms with Crippen LogP contribution in [0.2, 0.25) is 5.02 Å². The fraction of sp³-hybridized carbons (Fsp3) is 0.143. The van der Waals surface area contributed by atoms with E-state index in [9.17, 15) is 9.59 Å². The van der Waals surface area contributed by atoms with Gasteiger partial charge in [-0.25, -0.2) is 0 Å². The molecule has 0 aliphatic heterocycles. The Labute approximate surface area is 120 Å². The van der Waals surface area contributed by atoms with Crippen molar-refractivity contribution in [2.45, 2.75) is 0 Å². The first kappa shape index (κ1) is 14.1. The number of ether oxygens (including phenoxy) is 1. The van der Waals surface area contributed by atoms with E-state index < -0.39 is 0 Å². The molecule has 0 fully saturated rings. The Kier molecular flexibility index (Phi) is 4.10. The largest absolute Gasteiger partial charge is 0.495 e. The molecule has 1 aromatic carbocycles. The third kappa shape index (κ3) is 3.00. The van der Waals surface area contributed by atoms with Crippen LogP contribution >= 0.6 is 11.6 Å². The number of amides is 1. The third-order valence-electron chi connectivity index (χ3n) is 2.76. The Balaban J connectivity index is 2.29. The average molecular weight is 293 g/mol. The fourth-order valence-corrected chi connectivity index (χ4v) is 1.87. The van der Waals surface area contributed by atoms with Crippen LogP contribution in [0.3, 0.4) is 0 Å². The second-order valence-corrected chi connectivity index (χ2v) is 4.60. The molecule has 1 N–H and O–H groups in total. The van der Waals surface area contributed by atoms with E-state index >= 15 is 0 Å². The number of aromatic nitrogens is 1. The van der Waals surface area contributed by atoms with E-state index in [1.807, 2.05) is 0 Å². The van der Waals surface area contributed by atoms with Crippen molar-refractivity contribution in [1.82, 2.24) is 4.57 Å². The van der Waals surface area contributed by atoms with Crippen molar-refractivity contribution in [1.29, 1.82) is 0 Å². The van der Waals surface area contributed by atoms with Gasteiger partial charge in [-0.15, -0.1) is 0 Å². The van der Waals surface area contributed by atoms with E-state index in [4.69, 9.17) is 16.3 Å². The number of nitrogens with one attached hydrogen (secondary N) is 1. The maximum Gasteiger partial charge on any atom is 0.257 e. The van der Waals surface area contributed by atoms with Crippen molar-refractivity contribution in [3.8, 4) is 5.75 Å². The number of hydrogen-bond acceptors (Lipinski definition) is 3. The first-order valence-electron chi connectivity index (χ1n) is 5.83. The van der Waals surface area contributed by atoms with Crippen molar-refractivity contribution in [2.24, 2.45) is 7.05 Å². The summed E-state index contributed by atoms with van der Waals surface area (Å²) in [5.41, 5.74) is 0.662. The van der Waals surface area contributed by atoms with Crippen LogP contribution in [0.5, 0.6) is 5.75 Å². The van der Waals surface area contributed by atoms with Gasteiger partial charge in [0.2, 0.25) is 5.56 Å². The summed E-state index contributed by atoms with van der Waals surface area (Å²) in [5.74, 6) is 0.161. The molecular formula is C14H13ClN2O3. The molecule has 0 unspecified atom stereocenters. The topological polar surface area (TPSA) is 60.3 Å². The minimum Gasteiger partial charge on any atom is -0.495 e. The molecular weight excluding hydrogens is 280 g/mol. The smallest absolute Gasteiger partial charge is 0.257 e. The molecule has 0 atom stereocenters. The molecule has 0 radical (unpaired) electrons. The molecule has 0 saturated heterocycles. The first-order valence-corrected chi connectivity index (χ1v) is 6.20. The number of hydrogen-bond donors (Lipinski definition) is 1. The maximum absolute atomic E-state index is 12.1. The van der Waals surface area contributed by atoms with Gasteiger partial charge in [0, 0.05) is 24.3 Å². The van der Waals surface area contributed by atoms with E-state index in [1.54, 1.807) is 25.2 Å². The molecule has 0 bridgehead atoms. The lowest BCUT2D eigenvalue weighted by atomic mass is 10.2. The molecule has 2 rings (SSSR count). The number of benzene rings is 1. The molecule has 2 aromatic rings. The van der Waals surface area contributed by atoms with Gasteiger partial charge in [-0.2, -0.15) is 0 Å². The summed E-state index contributed by atoms with van der Waals surface area (Å²) in [6.07, 6.45) is 1.47. The predicted octanol–water partition coefficient (Wildman–Crippen LogP) is 2.30. The second-order valence-electron chi connectivity index (χ2n) is 4.17. The highest BCUT2D eigenvalue weighted by Crippen LogP contribution is 2.27. The van der Waals surface area contributed by atoms with E-state index in [-0.39, 0.29) is 11.5 Å². The van der Waals surface area contributed by atoms with Gasteiger partial charge in [0.15, 0.2) is 0 Å². The van der Waals surface area contributed by atoms with Crippen LogP contribution in [-0.2, 0) is 7.05 Å². The van der Waals surface area contributed by atoms with E-state index in [1.165, 1.54) is 30.0 Å². The molecule has 1 heterocycles. The van der Waals surface area contributed by atoms with Crippen molar-refractivity contribution < 1.29 is 9.53 Å². The van der Waals surface area contributed by atoms with E-state index in [2.05, 4.69) is 5.32 Å². The average Bonchev–Trinajstić information content (AvgIpc) is 2.42. The number of carbonyl (C=O) groups excluding carboxylic acids is 1. The number of carbonyl (C=O) groups is 1. The number of methoxy groups -OCH3 is 1.